The molecule has 30 heavy (non-hydrogen) atoms. The third kappa shape index (κ3) is 8.69. The predicted octanol–water partition coefficient (Wildman–Crippen LogP) is -1.02. The Bertz CT molecular complexity index is 859. The highest BCUT2D eigenvalue weighted by molar-refractivity contribution is 7.90. The number of aromatic hydroxyl groups is 2. The van der Waals surface area contributed by atoms with E-state index in [2.05, 4.69) is 9.44 Å². The smallest absolute Gasteiger partial charge is 0.244 e. The number of phenolic OH excluding ortho intramolecular Hbond substituents is 2. The zero-order valence-corrected chi connectivity index (χ0v) is 18.4. The number of sulfonamides is 2. The van der Waals surface area contributed by atoms with Crippen LogP contribution in [0, 0.1) is 0 Å². The van der Waals surface area contributed by atoms with Crippen LogP contribution < -0.4 is 9.44 Å². The Hall–Kier alpha value is -1.52. The van der Waals surface area contributed by atoms with Crippen LogP contribution in [0.3, 0.4) is 0 Å². The van der Waals surface area contributed by atoms with Crippen LogP contribution in [0.5, 0.6) is 11.5 Å². The quantitative estimate of drug-likeness (QED) is 0.172. The first-order valence-corrected chi connectivity index (χ1v) is 11.8. The number of hydrogen-bond acceptors (Lipinski definition) is 10. The Labute approximate surface area is 176 Å². The van der Waals surface area contributed by atoms with E-state index in [-0.39, 0.29) is 39.5 Å². The van der Waals surface area contributed by atoms with Gasteiger partial charge in [-0.2, -0.15) is 0 Å². The molecule has 0 aliphatic heterocycles. The monoisotopic (exact) mass is 472 g/mol. The topological polar surface area (TPSA) is 170 Å². The molecule has 0 saturated heterocycles. The normalized spacial score (nSPS) is 12.3. The molecule has 0 amide bonds. The molecule has 1 aromatic carbocycles. The molecule has 1 aromatic rings. The van der Waals surface area contributed by atoms with Gasteiger partial charge < -0.3 is 29.2 Å². The fourth-order valence-electron chi connectivity index (χ4n) is 2.07. The zero-order chi connectivity index (χ0) is 22.6. The van der Waals surface area contributed by atoms with Gasteiger partial charge in [-0.3, -0.25) is 0 Å². The van der Waals surface area contributed by atoms with Crippen molar-refractivity contribution in [3.8, 4) is 11.5 Å². The van der Waals surface area contributed by atoms with E-state index in [1.807, 2.05) is 0 Å². The van der Waals surface area contributed by atoms with Crippen LogP contribution in [-0.4, -0.2) is 94.0 Å². The van der Waals surface area contributed by atoms with Crippen LogP contribution in [0.25, 0.3) is 0 Å². The molecule has 0 radical (unpaired) electrons. The highest BCUT2D eigenvalue weighted by Gasteiger charge is 2.26. The first-order chi connectivity index (χ1) is 14.2. The molecule has 0 unspecified atom stereocenters. The van der Waals surface area contributed by atoms with Gasteiger partial charge in [0.25, 0.3) is 0 Å². The molecule has 4 N–H and O–H groups in total. The number of nitrogens with one attached hydrogen (secondary N) is 2. The van der Waals surface area contributed by atoms with E-state index in [0.717, 1.165) is 12.1 Å². The van der Waals surface area contributed by atoms with Gasteiger partial charge in [0.15, 0.2) is 11.5 Å². The van der Waals surface area contributed by atoms with Crippen LogP contribution in [0.1, 0.15) is 0 Å². The van der Waals surface area contributed by atoms with Crippen LogP contribution in [0.15, 0.2) is 21.9 Å². The standard InChI is InChI=1S/C16H28N2O10S2/c1-25-7-9-27-5-3-17-29(21,22)13-11-14(19)16(20)15(12-13)30(23,24)18-4-6-28-10-8-26-2/h11-12,17-20H,3-10H2,1-2H3. The molecule has 1 rings (SSSR count). The minimum Gasteiger partial charge on any atom is -0.504 e. The number of phenols is 2. The Morgan fingerprint density at radius 2 is 1.27 bits per heavy atom. The van der Waals surface area contributed by atoms with Gasteiger partial charge in [0.05, 0.1) is 44.5 Å². The number of hydrogen-bond donors (Lipinski definition) is 4. The fraction of sp³-hybridized carbons (Fsp3) is 0.625. The molecule has 0 spiro atoms. The Kier molecular flexibility index (Phi) is 11.5. The van der Waals surface area contributed by atoms with Crippen molar-refractivity contribution in [1.29, 1.82) is 0 Å². The van der Waals surface area contributed by atoms with E-state index in [1.54, 1.807) is 0 Å². The molecular weight excluding hydrogens is 444 g/mol. The van der Waals surface area contributed by atoms with Crippen molar-refractivity contribution in [3.05, 3.63) is 12.1 Å². The predicted molar refractivity (Wildman–Crippen MR) is 106 cm³/mol. The lowest BCUT2D eigenvalue weighted by Gasteiger charge is -2.13. The van der Waals surface area contributed by atoms with Crippen molar-refractivity contribution in [2.45, 2.75) is 9.79 Å². The van der Waals surface area contributed by atoms with E-state index in [9.17, 15) is 27.0 Å². The molecule has 0 atom stereocenters. The van der Waals surface area contributed by atoms with Crippen LogP contribution in [0.4, 0.5) is 0 Å². The Balaban J connectivity index is 2.84. The van der Waals surface area contributed by atoms with Gasteiger partial charge in [0.1, 0.15) is 4.90 Å². The number of rotatable bonds is 16. The van der Waals surface area contributed by atoms with Gasteiger partial charge in [-0.05, 0) is 6.07 Å². The van der Waals surface area contributed by atoms with Gasteiger partial charge in [-0.1, -0.05) is 0 Å². The Morgan fingerprint density at radius 1 is 0.767 bits per heavy atom. The number of ether oxygens (including phenoxy) is 4. The van der Waals surface area contributed by atoms with Crippen molar-refractivity contribution in [3.63, 3.8) is 0 Å². The molecule has 0 aliphatic carbocycles. The summed E-state index contributed by atoms with van der Waals surface area (Å²) < 4.78 is 73.8. The Morgan fingerprint density at radius 3 is 1.77 bits per heavy atom. The molecule has 0 aliphatic rings. The molecule has 0 saturated carbocycles. The van der Waals surface area contributed by atoms with E-state index in [0.29, 0.717) is 13.2 Å². The lowest BCUT2D eigenvalue weighted by atomic mass is 10.3. The minimum atomic E-state index is -4.33. The number of benzene rings is 1. The second kappa shape index (κ2) is 13.0. The summed E-state index contributed by atoms with van der Waals surface area (Å²) in [7, 11) is -5.51. The molecule has 0 aromatic heterocycles. The third-order valence-electron chi connectivity index (χ3n) is 3.57. The summed E-state index contributed by atoms with van der Waals surface area (Å²) >= 11 is 0. The number of methoxy groups -OCH3 is 2. The van der Waals surface area contributed by atoms with Crippen LogP contribution >= 0.6 is 0 Å². The SMILES string of the molecule is COCCOCCNS(=O)(=O)c1cc(O)c(O)c(S(=O)(=O)NCCOCCOC)c1. The molecule has 14 heteroatoms. The van der Waals surface area contributed by atoms with Gasteiger partial charge in [0.2, 0.25) is 20.0 Å². The molecule has 0 heterocycles. The fourth-order valence-corrected chi connectivity index (χ4v) is 4.36. The summed E-state index contributed by atoms with van der Waals surface area (Å²) in [6.07, 6.45) is 0. The lowest BCUT2D eigenvalue weighted by Crippen LogP contribution is -2.29. The first kappa shape index (κ1) is 26.5. The summed E-state index contributed by atoms with van der Waals surface area (Å²) in [5.74, 6) is -1.87. The average molecular weight is 473 g/mol. The van der Waals surface area contributed by atoms with Crippen molar-refractivity contribution >= 4 is 20.0 Å². The first-order valence-electron chi connectivity index (χ1n) is 8.84. The summed E-state index contributed by atoms with van der Waals surface area (Å²) in [4.78, 5) is -1.32. The average Bonchev–Trinajstić information content (AvgIpc) is 2.69. The van der Waals surface area contributed by atoms with E-state index < -0.39 is 41.3 Å². The highest BCUT2D eigenvalue weighted by Crippen LogP contribution is 2.35. The maximum atomic E-state index is 12.4. The van der Waals surface area contributed by atoms with Gasteiger partial charge in [-0.15, -0.1) is 0 Å². The summed E-state index contributed by atoms with van der Waals surface area (Å²) in [5, 5.41) is 19.8. The van der Waals surface area contributed by atoms with Crippen LogP contribution in [0.2, 0.25) is 0 Å². The lowest BCUT2D eigenvalue weighted by molar-refractivity contribution is 0.0736. The van der Waals surface area contributed by atoms with E-state index in [4.69, 9.17) is 18.9 Å². The maximum absolute atomic E-state index is 12.4. The zero-order valence-electron chi connectivity index (χ0n) is 16.8. The van der Waals surface area contributed by atoms with E-state index >= 15 is 0 Å². The molecular formula is C16H28N2O10S2. The second-order valence-electron chi connectivity index (χ2n) is 5.80. The van der Waals surface area contributed by atoms with E-state index in [1.165, 1.54) is 14.2 Å². The molecule has 12 nitrogen and oxygen atoms in total. The third-order valence-corrected chi connectivity index (χ3v) is 6.48. The molecule has 174 valence electrons. The van der Waals surface area contributed by atoms with Gasteiger partial charge >= 0.3 is 0 Å². The molecule has 0 bridgehead atoms. The molecule has 0 fully saturated rings. The summed E-state index contributed by atoms with van der Waals surface area (Å²) in [5.41, 5.74) is 0. The highest BCUT2D eigenvalue weighted by atomic mass is 32.2. The van der Waals surface area contributed by atoms with Crippen molar-refractivity contribution < 1.29 is 46.0 Å². The summed E-state index contributed by atoms with van der Waals surface area (Å²) in [6.45, 7) is 1.09. The van der Waals surface area contributed by atoms with Crippen molar-refractivity contribution in [2.75, 3.05) is 67.0 Å². The van der Waals surface area contributed by atoms with Crippen LogP contribution in [-0.2, 0) is 39.0 Å². The van der Waals surface area contributed by atoms with Crippen molar-refractivity contribution in [1.82, 2.24) is 9.44 Å². The van der Waals surface area contributed by atoms with Gasteiger partial charge in [0, 0.05) is 33.4 Å². The van der Waals surface area contributed by atoms with Gasteiger partial charge in [-0.25, -0.2) is 26.3 Å². The maximum Gasteiger partial charge on any atom is 0.244 e. The largest absolute Gasteiger partial charge is 0.504 e. The second-order valence-corrected chi connectivity index (χ2v) is 9.30. The summed E-state index contributed by atoms with van der Waals surface area (Å²) in [6, 6.07) is 1.49. The minimum absolute atomic E-state index is 0.0257. The van der Waals surface area contributed by atoms with Crippen molar-refractivity contribution in [2.24, 2.45) is 0 Å².